The molecule has 1 atom stereocenters. The zero-order valence-corrected chi connectivity index (χ0v) is 10.9. The number of hydrogen-bond donors (Lipinski definition) is 0. The number of rotatable bonds is 4. The van der Waals surface area contributed by atoms with E-state index >= 15 is 0 Å². The minimum absolute atomic E-state index is 0.245. The van der Waals surface area contributed by atoms with E-state index < -0.39 is 0 Å². The van der Waals surface area contributed by atoms with Crippen LogP contribution in [0.15, 0.2) is 54.6 Å². The van der Waals surface area contributed by atoms with Crippen molar-refractivity contribution < 1.29 is 4.79 Å². The van der Waals surface area contributed by atoms with Crippen LogP contribution in [0.1, 0.15) is 31.7 Å². The maximum Gasteiger partial charge on any atom is 0.130 e. The van der Waals surface area contributed by atoms with Gasteiger partial charge in [-0.1, -0.05) is 61.5 Å². The molecule has 2 aromatic carbocycles. The Kier molecular flexibility index (Phi) is 3.93. The van der Waals surface area contributed by atoms with Gasteiger partial charge < -0.3 is 4.79 Å². The molecular formula is C17H18O. The Balaban J connectivity index is 2.18. The highest BCUT2D eigenvalue weighted by Crippen LogP contribution is 2.24. The first-order valence-electron chi connectivity index (χ1n) is 6.31. The highest BCUT2D eigenvalue weighted by Gasteiger charge is 2.08. The van der Waals surface area contributed by atoms with E-state index in [4.69, 9.17) is 0 Å². The van der Waals surface area contributed by atoms with Gasteiger partial charge >= 0.3 is 0 Å². The van der Waals surface area contributed by atoms with E-state index in [-0.39, 0.29) is 5.78 Å². The Morgan fingerprint density at radius 3 is 2.06 bits per heavy atom. The minimum Gasteiger partial charge on any atom is -0.300 e. The van der Waals surface area contributed by atoms with E-state index in [1.54, 1.807) is 6.92 Å². The predicted octanol–water partition coefficient (Wildman–Crippen LogP) is 4.44. The summed E-state index contributed by atoms with van der Waals surface area (Å²) in [7, 11) is 0. The second kappa shape index (κ2) is 5.63. The number of hydrogen-bond acceptors (Lipinski definition) is 1. The standard InChI is InChI=1S/C17H18O/c1-13(12-14(2)18)15-8-10-17(11-9-15)16-6-4-3-5-7-16/h3-11,13H,12H2,1-2H3. The lowest BCUT2D eigenvalue weighted by Crippen LogP contribution is -2.00. The molecule has 0 saturated carbocycles. The van der Waals surface area contributed by atoms with Crippen LogP contribution in [0.3, 0.4) is 0 Å². The fourth-order valence-electron chi connectivity index (χ4n) is 2.18. The molecule has 0 aliphatic heterocycles. The number of ketones is 1. The lowest BCUT2D eigenvalue weighted by molar-refractivity contribution is -0.117. The number of benzene rings is 2. The maximum absolute atomic E-state index is 11.1. The first-order chi connectivity index (χ1) is 8.66. The molecule has 0 aromatic heterocycles. The zero-order chi connectivity index (χ0) is 13.0. The monoisotopic (exact) mass is 238 g/mol. The van der Waals surface area contributed by atoms with Gasteiger partial charge in [-0.25, -0.2) is 0 Å². The Labute approximate surface area is 108 Å². The summed E-state index contributed by atoms with van der Waals surface area (Å²) in [4.78, 5) is 11.1. The molecule has 0 radical (unpaired) electrons. The molecule has 0 saturated heterocycles. The van der Waals surface area contributed by atoms with Gasteiger partial charge in [0.05, 0.1) is 0 Å². The summed E-state index contributed by atoms with van der Waals surface area (Å²) in [6.45, 7) is 3.74. The minimum atomic E-state index is 0.245. The van der Waals surface area contributed by atoms with Crippen molar-refractivity contribution in [1.82, 2.24) is 0 Å². The summed E-state index contributed by atoms with van der Waals surface area (Å²) in [5.41, 5.74) is 3.67. The highest BCUT2D eigenvalue weighted by molar-refractivity contribution is 5.76. The first kappa shape index (κ1) is 12.6. The van der Waals surface area contributed by atoms with E-state index in [1.807, 2.05) is 18.2 Å². The third-order valence-corrected chi connectivity index (χ3v) is 3.18. The maximum atomic E-state index is 11.1. The molecule has 0 aliphatic carbocycles. The van der Waals surface area contributed by atoms with Crippen LogP contribution in [0, 0.1) is 0 Å². The van der Waals surface area contributed by atoms with Gasteiger partial charge in [0.15, 0.2) is 0 Å². The van der Waals surface area contributed by atoms with Crippen LogP contribution in [0.5, 0.6) is 0 Å². The van der Waals surface area contributed by atoms with Crippen molar-refractivity contribution in [3.05, 3.63) is 60.2 Å². The lowest BCUT2D eigenvalue weighted by Gasteiger charge is -2.10. The van der Waals surface area contributed by atoms with E-state index in [2.05, 4.69) is 43.3 Å². The van der Waals surface area contributed by atoms with E-state index in [0.717, 1.165) is 0 Å². The first-order valence-corrected chi connectivity index (χ1v) is 6.31. The fraction of sp³-hybridized carbons (Fsp3) is 0.235. The van der Waals surface area contributed by atoms with Crippen LogP contribution in [0.25, 0.3) is 11.1 Å². The molecule has 0 aliphatic rings. The van der Waals surface area contributed by atoms with Crippen molar-refractivity contribution in [3.63, 3.8) is 0 Å². The van der Waals surface area contributed by atoms with Crippen molar-refractivity contribution in [2.24, 2.45) is 0 Å². The second-order valence-electron chi connectivity index (χ2n) is 4.80. The molecule has 0 N–H and O–H groups in total. The molecule has 1 unspecified atom stereocenters. The second-order valence-corrected chi connectivity index (χ2v) is 4.80. The average molecular weight is 238 g/mol. The quantitative estimate of drug-likeness (QED) is 0.769. The fourth-order valence-corrected chi connectivity index (χ4v) is 2.18. The van der Waals surface area contributed by atoms with E-state index in [9.17, 15) is 4.79 Å². The number of carbonyl (C=O) groups excluding carboxylic acids is 1. The summed E-state index contributed by atoms with van der Waals surface area (Å²) in [6.07, 6.45) is 0.616. The number of Topliss-reactive ketones (excluding diaryl/α,β-unsaturated/α-hetero) is 1. The molecular weight excluding hydrogens is 220 g/mol. The molecule has 0 fully saturated rings. The largest absolute Gasteiger partial charge is 0.300 e. The van der Waals surface area contributed by atoms with Gasteiger partial charge in [-0.2, -0.15) is 0 Å². The molecule has 1 heteroatoms. The van der Waals surface area contributed by atoms with Crippen LogP contribution >= 0.6 is 0 Å². The van der Waals surface area contributed by atoms with Crippen LogP contribution < -0.4 is 0 Å². The van der Waals surface area contributed by atoms with Gasteiger partial charge in [0.1, 0.15) is 5.78 Å². The van der Waals surface area contributed by atoms with Crippen molar-refractivity contribution in [3.8, 4) is 11.1 Å². The molecule has 0 bridgehead atoms. The van der Waals surface area contributed by atoms with Crippen molar-refractivity contribution in [1.29, 1.82) is 0 Å². The van der Waals surface area contributed by atoms with Gasteiger partial charge in [-0.05, 0) is 29.5 Å². The number of carbonyl (C=O) groups is 1. The molecule has 2 aromatic rings. The topological polar surface area (TPSA) is 17.1 Å². The van der Waals surface area contributed by atoms with Gasteiger partial charge in [-0.15, -0.1) is 0 Å². The van der Waals surface area contributed by atoms with Gasteiger partial charge in [0.25, 0.3) is 0 Å². The van der Waals surface area contributed by atoms with Crippen molar-refractivity contribution >= 4 is 5.78 Å². The van der Waals surface area contributed by atoms with Gasteiger partial charge in [-0.3, -0.25) is 0 Å². The van der Waals surface area contributed by atoms with Crippen LogP contribution in [0.2, 0.25) is 0 Å². The summed E-state index contributed by atoms with van der Waals surface area (Å²) < 4.78 is 0. The van der Waals surface area contributed by atoms with Gasteiger partial charge in [0, 0.05) is 6.42 Å². The summed E-state index contributed by atoms with van der Waals surface area (Å²) in [5.74, 6) is 0.543. The average Bonchev–Trinajstić information content (AvgIpc) is 2.39. The van der Waals surface area contributed by atoms with Gasteiger partial charge in [0.2, 0.25) is 0 Å². The third-order valence-electron chi connectivity index (χ3n) is 3.18. The molecule has 0 amide bonds. The normalized spacial score (nSPS) is 12.1. The SMILES string of the molecule is CC(=O)CC(C)c1ccc(-c2ccccc2)cc1. The summed E-state index contributed by atoms with van der Waals surface area (Å²) >= 11 is 0. The summed E-state index contributed by atoms with van der Waals surface area (Å²) in [6, 6.07) is 18.8. The zero-order valence-electron chi connectivity index (χ0n) is 10.9. The molecule has 0 spiro atoms. The van der Waals surface area contributed by atoms with Crippen LogP contribution in [0.4, 0.5) is 0 Å². The van der Waals surface area contributed by atoms with Crippen LogP contribution in [-0.2, 0) is 4.79 Å². The Morgan fingerprint density at radius 1 is 0.944 bits per heavy atom. The smallest absolute Gasteiger partial charge is 0.130 e. The molecule has 2 rings (SSSR count). The molecule has 0 heterocycles. The Bertz CT molecular complexity index is 511. The summed E-state index contributed by atoms with van der Waals surface area (Å²) in [5, 5.41) is 0. The Morgan fingerprint density at radius 2 is 1.50 bits per heavy atom. The van der Waals surface area contributed by atoms with E-state index in [1.165, 1.54) is 16.7 Å². The predicted molar refractivity (Wildman–Crippen MR) is 75.6 cm³/mol. The van der Waals surface area contributed by atoms with E-state index in [0.29, 0.717) is 12.3 Å². The molecule has 1 nitrogen and oxygen atoms in total. The lowest BCUT2D eigenvalue weighted by atomic mass is 9.94. The molecule has 92 valence electrons. The third kappa shape index (κ3) is 3.07. The van der Waals surface area contributed by atoms with Crippen molar-refractivity contribution in [2.45, 2.75) is 26.2 Å². The van der Waals surface area contributed by atoms with Crippen molar-refractivity contribution in [2.75, 3.05) is 0 Å². The van der Waals surface area contributed by atoms with Crippen LogP contribution in [-0.4, -0.2) is 5.78 Å². The Hall–Kier alpha value is -1.89. The highest BCUT2D eigenvalue weighted by atomic mass is 16.1. The molecule has 18 heavy (non-hydrogen) atoms.